The highest BCUT2D eigenvalue weighted by Gasteiger charge is 2.25. The van der Waals surface area contributed by atoms with E-state index in [1.807, 2.05) is 6.07 Å². The van der Waals surface area contributed by atoms with Crippen molar-refractivity contribution in [2.45, 2.75) is 32.7 Å². The average Bonchev–Trinajstić information content (AvgIpc) is 2.59. The summed E-state index contributed by atoms with van der Waals surface area (Å²) in [4.78, 5) is 14.3. The summed E-state index contributed by atoms with van der Waals surface area (Å²) in [6.45, 7) is 7.27. The molecule has 0 spiro atoms. The number of hydrogen-bond donors (Lipinski definition) is 1. The van der Waals surface area contributed by atoms with Crippen molar-refractivity contribution in [3.8, 4) is 0 Å². The summed E-state index contributed by atoms with van der Waals surface area (Å²) in [5.74, 6) is 0.865. The topological polar surface area (TPSA) is 32.3 Å². The van der Waals surface area contributed by atoms with E-state index in [0.717, 1.165) is 19.6 Å². The smallest absolute Gasteiger partial charge is 0.221 e. The number of carbonyl (C=O) groups excluding carboxylic acids is 1. The van der Waals surface area contributed by atoms with Crippen molar-refractivity contribution in [1.82, 2.24) is 10.2 Å². The molecule has 0 bridgehead atoms. The fraction of sp³-hybridized carbons (Fsp3) is 0.562. The molecule has 0 aliphatic carbocycles. The van der Waals surface area contributed by atoms with Crippen LogP contribution in [0.5, 0.6) is 0 Å². The molecule has 1 amide bonds. The van der Waals surface area contributed by atoms with E-state index in [-0.39, 0.29) is 11.9 Å². The van der Waals surface area contributed by atoms with E-state index < -0.39 is 0 Å². The van der Waals surface area contributed by atoms with Gasteiger partial charge in [0.15, 0.2) is 0 Å². The van der Waals surface area contributed by atoms with E-state index in [4.69, 9.17) is 0 Å². The lowest BCUT2D eigenvalue weighted by Gasteiger charge is -2.29. The molecule has 1 aliphatic rings. The Labute approximate surface area is 116 Å². The van der Waals surface area contributed by atoms with Gasteiger partial charge >= 0.3 is 0 Å². The third kappa shape index (κ3) is 4.06. The number of benzene rings is 1. The summed E-state index contributed by atoms with van der Waals surface area (Å²) in [7, 11) is 0. The van der Waals surface area contributed by atoms with Crippen molar-refractivity contribution in [2.75, 3.05) is 19.6 Å². The van der Waals surface area contributed by atoms with Crippen LogP contribution in [0.1, 0.15) is 38.3 Å². The highest BCUT2D eigenvalue weighted by Crippen LogP contribution is 2.26. The van der Waals surface area contributed by atoms with Crippen LogP contribution in [0.25, 0.3) is 0 Å². The molecule has 1 atom stereocenters. The first kappa shape index (κ1) is 14.1. The van der Waals surface area contributed by atoms with E-state index in [1.54, 1.807) is 0 Å². The molecule has 3 nitrogen and oxygen atoms in total. The highest BCUT2D eigenvalue weighted by molar-refractivity contribution is 5.77. The molecule has 0 radical (unpaired) electrons. The van der Waals surface area contributed by atoms with E-state index in [0.29, 0.717) is 12.3 Å². The summed E-state index contributed by atoms with van der Waals surface area (Å²) in [6.07, 6.45) is 1.75. The summed E-state index contributed by atoms with van der Waals surface area (Å²) >= 11 is 0. The molecule has 0 unspecified atom stereocenters. The molecule has 1 aromatic rings. The van der Waals surface area contributed by atoms with Crippen LogP contribution >= 0.6 is 0 Å². The molecule has 19 heavy (non-hydrogen) atoms. The number of amides is 1. The Hall–Kier alpha value is -1.35. The Morgan fingerprint density at radius 3 is 2.74 bits per heavy atom. The molecule has 104 valence electrons. The molecule has 1 N–H and O–H groups in total. The Morgan fingerprint density at radius 1 is 1.32 bits per heavy atom. The zero-order chi connectivity index (χ0) is 13.7. The predicted molar refractivity (Wildman–Crippen MR) is 77.8 cm³/mol. The number of hydrogen-bond acceptors (Lipinski definition) is 2. The van der Waals surface area contributed by atoms with Gasteiger partial charge in [-0.15, -0.1) is 0 Å². The van der Waals surface area contributed by atoms with Crippen molar-refractivity contribution in [1.29, 1.82) is 0 Å². The van der Waals surface area contributed by atoms with Crippen molar-refractivity contribution in [3.63, 3.8) is 0 Å². The summed E-state index contributed by atoms with van der Waals surface area (Å²) < 4.78 is 0. The first-order valence-electron chi connectivity index (χ1n) is 7.22. The Bertz CT molecular complexity index is 402. The molecule has 1 fully saturated rings. The van der Waals surface area contributed by atoms with Gasteiger partial charge in [0.05, 0.1) is 0 Å². The first-order chi connectivity index (χ1) is 9.16. The van der Waals surface area contributed by atoms with Gasteiger partial charge in [0.2, 0.25) is 5.91 Å². The minimum Gasteiger partial charge on any atom is -0.355 e. The molecule has 2 rings (SSSR count). The van der Waals surface area contributed by atoms with Crippen LogP contribution in [0.4, 0.5) is 0 Å². The lowest BCUT2D eigenvalue weighted by Crippen LogP contribution is -2.32. The number of nitrogens with zero attached hydrogens (tertiary/aromatic N) is 1. The maximum atomic E-state index is 11.8. The summed E-state index contributed by atoms with van der Waals surface area (Å²) in [5.41, 5.74) is 1.25. The number of rotatable bonds is 4. The van der Waals surface area contributed by atoms with Crippen LogP contribution in [-0.2, 0) is 4.79 Å². The normalized spacial score (nSPS) is 21.2. The van der Waals surface area contributed by atoms with Gasteiger partial charge in [0, 0.05) is 25.6 Å². The Kier molecular flexibility index (Phi) is 4.97. The molecule has 0 saturated carbocycles. The highest BCUT2D eigenvalue weighted by atomic mass is 16.1. The van der Waals surface area contributed by atoms with Crippen LogP contribution < -0.4 is 5.32 Å². The third-order valence-corrected chi connectivity index (χ3v) is 3.72. The Morgan fingerprint density at radius 2 is 2.05 bits per heavy atom. The van der Waals surface area contributed by atoms with Crippen LogP contribution in [0.2, 0.25) is 0 Å². The molecule has 1 heterocycles. The maximum absolute atomic E-state index is 11.8. The minimum atomic E-state index is 0.167. The zero-order valence-electron chi connectivity index (χ0n) is 11.9. The van der Waals surface area contributed by atoms with Crippen molar-refractivity contribution in [3.05, 3.63) is 35.9 Å². The second-order valence-corrected chi connectivity index (χ2v) is 5.70. The van der Waals surface area contributed by atoms with Crippen molar-refractivity contribution < 1.29 is 4.79 Å². The van der Waals surface area contributed by atoms with Gasteiger partial charge in [-0.3, -0.25) is 9.69 Å². The van der Waals surface area contributed by atoms with Crippen LogP contribution in [0.3, 0.4) is 0 Å². The lowest BCUT2D eigenvalue weighted by atomic mass is 10.0. The van der Waals surface area contributed by atoms with Gasteiger partial charge in [0.25, 0.3) is 0 Å². The van der Waals surface area contributed by atoms with Gasteiger partial charge in [-0.1, -0.05) is 44.2 Å². The van der Waals surface area contributed by atoms with E-state index >= 15 is 0 Å². The SMILES string of the molecule is CC(C)CCN1CCNC(=O)C[C@@H]1c1ccccc1. The van der Waals surface area contributed by atoms with E-state index in [9.17, 15) is 4.79 Å². The van der Waals surface area contributed by atoms with Gasteiger partial charge in [-0.2, -0.15) is 0 Å². The largest absolute Gasteiger partial charge is 0.355 e. The Balaban J connectivity index is 2.14. The van der Waals surface area contributed by atoms with Gasteiger partial charge in [-0.25, -0.2) is 0 Å². The summed E-state index contributed by atoms with van der Waals surface area (Å²) in [6, 6.07) is 10.6. The molecule has 1 aromatic carbocycles. The molecule has 1 saturated heterocycles. The van der Waals surface area contributed by atoms with Gasteiger partial charge in [-0.05, 0) is 24.4 Å². The van der Waals surface area contributed by atoms with Crippen LogP contribution in [-0.4, -0.2) is 30.4 Å². The monoisotopic (exact) mass is 260 g/mol. The molecular formula is C16H24N2O. The third-order valence-electron chi connectivity index (χ3n) is 3.72. The maximum Gasteiger partial charge on any atom is 0.221 e. The fourth-order valence-corrected chi connectivity index (χ4v) is 2.57. The molecule has 3 heteroatoms. The van der Waals surface area contributed by atoms with Gasteiger partial charge < -0.3 is 5.32 Å². The number of nitrogens with one attached hydrogen (secondary N) is 1. The van der Waals surface area contributed by atoms with Crippen LogP contribution in [0, 0.1) is 5.92 Å². The standard InChI is InChI=1S/C16H24N2O/c1-13(2)8-10-18-11-9-17-16(19)12-15(18)14-6-4-3-5-7-14/h3-7,13,15H,8-12H2,1-2H3,(H,17,19)/t15-/m1/s1. The predicted octanol–water partition coefficient (Wildman–Crippen LogP) is 2.60. The lowest BCUT2D eigenvalue weighted by molar-refractivity contribution is -0.121. The zero-order valence-corrected chi connectivity index (χ0v) is 11.9. The average molecular weight is 260 g/mol. The van der Waals surface area contributed by atoms with Crippen molar-refractivity contribution in [2.24, 2.45) is 5.92 Å². The summed E-state index contributed by atoms with van der Waals surface area (Å²) in [5, 5.41) is 2.98. The number of carbonyl (C=O) groups is 1. The minimum absolute atomic E-state index is 0.167. The van der Waals surface area contributed by atoms with E-state index in [2.05, 4.69) is 48.3 Å². The molecular weight excluding hydrogens is 236 g/mol. The molecule has 1 aliphatic heterocycles. The van der Waals surface area contributed by atoms with E-state index in [1.165, 1.54) is 12.0 Å². The van der Waals surface area contributed by atoms with Gasteiger partial charge in [0.1, 0.15) is 0 Å². The molecule has 0 aromatic heterocycles. The fourth-order valence-electron chi connectivity index (χ4n) is 2.57. The first-order valence-corrected chi connectivity index (χ1v) is 7.22. The second kappa shape index (κ2) is 6.71. The second-order valence-electron chi connectivity index (χ2n) is 5.70. The van der Waals surface area contributed by atoms with Crippen molar-refractivity contribution >= 4 is 5.91 Å². The quantitative estimate of drug-likeness (QED) is 0.902. The van der Waals surface area contributed by atoms with Crippen LogP contribution in [0.15, 0.2) is 30.3 Å².